The van der Waals surface area contributed by atoms with E-state index in [0.717, 1.165) is 6.54 Å². The minimum absolute atomic E-state index is 0.0855. The lowest BCUT2D eigenvalue weighted by Crippen LogP contribution is -2.41. The van der Waals surface area contributed by atoms with Gasteiger partial charge in [-0.2, -0.15) is 0 Å². The van der Waals surface area contributed by atoms with Crippen LogP contribution in [0.3, 0.4) is 0 Å². The summed E-state index contributed by atoms with van der Waals surface area (Å²) < 4.78 is 0. The lowest BCUT2D eigenvalue weighted by Gasteiger charge is -2.31. The summed E-state index contributed by atoms with van der Waals surface area (Å²) in [7, 11) is 0. The first-order chi connectivity index (χ1) is 5.67. The molecule has 0 aromatic carbocycles. The van der Waals surface area contributed by atoms with Crippen molar-refractivity contribution in [2.45, 2.75) is 19.4 Å². The van der Waals surface area contributed by atoms with Crippen LogP contribution in [0.2, 0.25) is 0 Å². The van der Waals surface area contributed by atoms with Gasteiger partial charge in [0.05, 0.1) is 16.9 Å². The normalized spacial score (nSPS) is 24.5. The molecule has 12 heavy (non-hydrogen) atoms. The summed E-state index contributed by atoms with van der Waals surface area (Å²) in [6.07, 6.45) is 8.59. The lowest BCUT2D eigenvalue weighted by molar-refractivity contribution is 0.521. The molecule has 2 aliphatic rings. The molecule has 0 atom stereocenters. The molecular formula is C10H14N2. The molecule has 0 saturated heterocycles. The topological polar surface area (TPSA) is 24.1 Å². The van der Waals surface area contributed by atoms with E-state index in [9.17, 15) is 0 Å². The highest BCUT2D eigenvalue weighted by Gasteiger charge is 2.20. The summed E-state index contributed by atoms with van der Waals surface area (Å²) in [6, 6.07) is 0. The molecule has 0 fully saturated rings. The molecule has 0 aliphatic carbocycles. The fourth-order valence-corrected chi connectivity index (χ4v) is 1.47. The van der Waals surface area contributed by atoms with Crippen molar-refractivity contribution >= 4 is 0 Å². The molecule has 2 aliphatic heterocycles. The first-order valence-electron chi connectivity index (χ1n) is 4.29. The fraction of sp³-hybridized carbons (Fsp3) is 0.400. The van der Waals surface area contributed by atoms with E-state index >= 15 is 0 Å². The molecule has 2 nitrogen and oxygen atoms in total. The van der Waals surface area contributed by atoms with Gasteiger partial charge in [0.25, 0.3) is 0 Å². The third-order valence-electron chi connectivity index (χ3n) is 2.11. The van der Waals surface area contributed by atoms with Crippen molar-refractivity contribution in [1.29, 1.82) is 0 Å². The van der Waals surface area contributed by atoms with Crippen LogP contribution in [-0.2, 0) is 0 Å². The Bertz CT molecular complexity index is 282. The zero-order valence-corrected chi connectivity index (χ0v) is 7.52. The van der Waals surface area contributed by atoms with Crippen LogP contribution in [0.25, 0.3) is 0 Å². The largest absolute Gasteiger partial charge is 0.380 e. The first kappa shape index (κ1) is 7.47. The third kappa shape index (κ3) is 1.24. The Hall–Kier alpha value is -1.18. The highest BCUT2D eigenvalue weighted by atomic mass is 15.0. The molecule has 0 bridgehead atoms. The molecule has 0 spiro atoms. The van der Waals surface area contributed by atoms with Gasteiger partial charge in [-0.1, -0.05) is 12.2 Å². The third-order valence-corrected chi connectivity index (χ3v) is 2.11. The van der Waals surface area contributed by atoms with E-state index in [2.05, 4.69) is 48.8 Å². The quantitative estimate of drug-likeness (QED) is 0.561. The molecule has 2 heteroatoms. The van der Waals surface area contributed by atoms with E-state index < -0.39 is 0 Å². The van der Waals surface area contributed by atoms with Gasteiger partial charge in [0.1, 0.15) is 0 Å². The molecule has 0 radical (unpaired) electrons. The Morgan fingerprint density at radius 2 is 2.08 bits per heavy atom. The van der Waals surface area contributed by atoms with Gasteiger partial charge in [-0.25, -0.2) is 0 Å². The van der Waals surface area contributed by atoms with Gasteiger partial charge in [0.2, 0.25) is 0 Å². The predicted molar refractivity (Wildman–Crippen MR) is 50.5 cm³/mol. The van der Waals surface area contributed by atoms with Crippen molar-refractivity contribution in [2.75, 3.05) is 6.54 Å². The summed E-state index contributed by atoms with van der Waals surface area (Å²) in [4.78, 5) is 0. The summed E-state index contributed by atoms with van der Waals surface area (Å²) in [6.45, 7) is 5.26. The molecule has 0 unspecified atom stereocenters. The van der Waals surface area contributed by atoms with E-state index in [1.807, 2.05) is 0 Å². The first-order valence-corrected chi connectivity index (χ1v) is 4.29. The van der Waals surface area contributed by atoms with Crippen molar-refractivity contribution in [2.24, 2.45) is 0 Å². The van der Waals surface area contributed by atoms with Crippen molar-refractivity contribution < 1.29 is 0 Å². The molecule has 2 heterocycles. The van der Waals surface area contributed by atoms with E-state index in [1.165, 1.54) is 11.4 Å². The zero-order chi connectivity index (χ0) is 8.60. The van der Waals surface area contributed by atoms with Crippen molar-refractivity contribution in [1.82, 2.24) is 10.6 Å². The van der Waals surface area contributed by atoms with Crippen LogP contribution < -0.4 is 10.6 Å². The second-order valence-corrected chi connectivity index (χ2v) is 3.79. The zero-order valence-electron chi connectivity index (χ0n) is 7.52. The number of dihydropyridines is 2. The Kier molecular flexibility index (Phi) is 1.50. The highest BCUT2D eigenvalue weighted by Crippen LogP contribution is 2.18. The molecule has 2 N–H and O–H groups in total. The van der Waals surface area contributed by atoms with Crippen LogP contribution in [0.15, 0.2) is 35.7 Å². The maximum atomic E-state index is 3.44. The molecule has 2 rings (SSSR count). The van der Waals surface area contributed by atoms with E-state index in [1.54, 1.807) is 0 Å². The highest BCUT2D eigenvalue weighted by molar-refractivity contribution is 5.39. The Morgan fingerprint density at radius 3 is 2.92 bits per heavy atom. The Balaban J connectivity index is 2.30. The molecular weight excluding hydrogens is 148 g/mol. The van der Waals surface area contributed by atoms with Crippen LogP contribution in [0.4, 0.5) is 0 Å². The van der Waals surface area contributed by atoms with Gasteiger partial charge >= 0.3 is 0 Å². The molecule has 0 amide bonds. The SMILES string of the molecule is CC1(C)C=CC2=C(C=CCN2)N1. The summed E-state index contributed by atoms with van der Waals surface area (Å²) in [5, 5.41) is 6.74. The van der Waals surface area contributed by atoms with Gasteiger partial charge in [0.15, 0.2) is 0 Å². The van der Waals surface area contributed by atoms with Crippen LogP contribution >= 0.6 is 0 Å². The monoisotopic (exact) mass is 162 g/mol. The second kappa shape index (κ2) is 2.41. The number of rotatable bonds is 0. The number of hydrogen-bond donors (Lipinski definition) is 2. The summed E-state index contributed by atoms with van der Waals surface area (Å²) >= 11 is 0. The van der Waals surface area contributed by atoms with Gasteiger partial charge in [-0.15, -0.1) is 0 Å². The van der Waals surface area contributed by atoms with Gasteiger partial charge in [0, 0.05) is 6.54 Å². The number of hydrogen-bond acceptors (Lipinski definition) is 2. The van der Waals surface area contributed by atoms with Crippen LogP contribution in [-0.4, -0.2) is 12.1 Å². The Morgan fingerprint density at radius 1 is 1.25 bits per heavy atom. The van der Waals surface area contributed by atoms with Crippen molar-refractivity contribution in [3.63, 3.8) is 0 Å². The molecule has 0 saturated carbocycles. The summed E-state index contributed by atoms with van der Waals surface area (Å²) in [5.74, 6) is 0. The number of nitrogens with one attached hydrogen (secondary N) is 2. The van der Waals surface area contributed by atoms with E-state index in [-0.39, 0.29) is 5.54 Å². The summed E-state index contributed by atoms with van der Waals surface area (Å²) in [5.41, 5.74) is 2.49. The van der Waals surface area contributed by atoms with Crippen LogP contribution in [0, 0.1) is 0 Å². The van der Waals surface area contributed by atoms with Crippen molar-refractivity contribution in [3.05, 3.63) is 35.7 Å². The molecule has 0 aromatic rings. The molecule has 64 valence electrons. The average molecular weight is 162 g/mol. The minimum Gasteiger partial charge on any atom is -0.380 e. The standard InChI is InChI=1S/C10H14N2/c1-10(2)6-5-8-9(12-10)4-3-7-11-8/h3-6,11-12H,7H2,1-2H3. The minimum atomic E-state index is 0.0855. The maximum absolute atomic E-state index is 3.44. The average Bonchev–Trinajstić information content (AvgIpc) is 2.02. The maximum Gasteiger partial charge on any atom is 0.0580 e. The van der Waals surface area contributed by atoms with Crippen LogP contribution in [0.5, 0.6) is 0 Å². The molecule has 0 aromatic heterocycles. The lowest BCUT2D eigenvalue weighted by atomic mass is 9.99. The van der Waals surface area contributed by atoms with Gasteiger partial charge in [-0.3, -0.25) is 0 Å². The fourth-order valence-electron chi connectivity index (χ4n) is 1.47. The second-order valence-electron chi connectivity index (χ2n) is 3.79. The Labute approximate surface area is 73.0 Å². The van der Waals surface area contributed by atoms with E-state index in [4.69, 9.17) is 0 Å². The van der Waals surface area contributed by atoms with Crippen molar-refractivity contribution in [3.8, 4) is 0 Å². The van der Waals surface area contributed by atoms with E-state index in [0.29, 0.717) is 0 Å². The smallest absolute Gasteiger partial charge is 0.0580 e. The predicted octanol–water partition coefficient (Wildman–Crippen LogP) is 1.30. The van der Waals surface area contributed by atoms with Gasteiger partial charge in [-0.05, 0) is 26.0 Å². The number of allylic oxidation sites excluding steroid dienone is 2. The van der Waals surface area contributed by atoms with Crippen LogP contribution in [0.1, 0.15) is 13.8 Å². The van der Waals surface area contributed by atoms with Gasteiger partial charge < -0.3 is 10.6 Å².